The minimum absolute atomic E-state index is 0.109. The number of hydrogen-bond acceptors (Lipinski definition) is 5. The van der Waals surface area contributed by atoms with Crippen molar-refractivity contribution in [3.8, 4) is 11.3 Å². The molecule has 2 saturated carbocycles. The summed E-state index contributed by atoms with van der Waals surface area (Å²) in [6.07, 6.45) is -1.44. The number of hydrogen-bond donors (Lipinski definition) is 3. The van der Waals surface area contributed by atoms with Gasteiger partial charge in [0.2, 0.25) is 0 Å². The molecule has 3 unspecified atom stereocenters. The van der Waals surface area contributed by atoms with Crippen LogP contribution in [0.25, 0.3) is 11.3 Å². The van der Waals surface area contributed by atoms with E-state index in [-0.39, 0.29) is 33.7 Å². The van der Waals surface area contributed by atoms with Gasteiger partial charge >= 0.3 is 6.18 Å². The Labute approximate surface area is 241 Å². The number of alkyl halides is 5. The number of carbonyl (C=O) groups is 2. The molecule has 1 aromatic carbocycles. The van der Waals surface area contributed by atoms with Crippen molar-refractivity contribution in [2.24, 2.45) is 24.8 Å². The fourth-order valence-corrected chi connectivity index (χ4v) is 6.33. The lowest BCUT2D eigenvalue weighted by atomic mass is 10.0. The Bertz CT molecular complexity index is 1540. The molecule has 9 nitrogen and oxygen atoms in total. The van der Waals surface area contributed by atoms with Crippen molar-refractivity contribution >= 4 is 29.1 Å². The van der Waals surface area contributed by atoms with Crippen molar-refractivity contribution in [2.75, 3.05) is 25.0 Å². The number of aromatic nitrogens is 4. The van der Waals surface area contributed by atoms with E-state index in [1.165, 1.54) is 25.2 Å². The molecular weight excluding hydrogens is 585 g/mol. The van der Waals surface area contributed by atoms with Crippen LogP contribution in [0.2, 0.25) is 5.02 Å². The molecule has 15 heteroatoms. The van der Waals surface area contributed by atoms with Crippen molar-refractivity contribution in [3.05, 3.63) is 52.7 Å². The third-order valence-electron chi connectivity index (χ3n) is 8.35. The third-order valence-corrected chi connectivity index (χ3v) is 8.67. The van der Waals surface area contributed by atoms with Crippen LogP contribution in [0.4, 0.5) is 27.6 Å². The topological polar surface area (TPSA) is 106 Å². The number of benzene rings is 1. The lowest BCUT2D eigenvalue weighted by molar-refractivity contribution is -0.141. The second-order valence-corrected chi connectivity index (χ2v) is 11.7. The molecule has 42 heavy (non-hydrogen) atoms. The molecule has 3 fully saturated rings. The molecule has 2 aromatic heterocycles. The molecule has 1 saturated heterocycles. The van der Waals surface area contributed by atoms with Crippen LogP contribution in [-0.2, 0) is 13.2 Å². The predicted molar refractivity (Wildman–Crippen MR) is 142 cm³/mol. The van der Waals surface area contributed by atoms with E-state index < -0.39 is 41.7 Å². The summed E-state index contributed by atoms with van der Waals surface area (Å²) in [5.41, 5.74) is -1.48. The summed E-state index contributed by atoms with van der Waals surface area (Å²) in [6, 6.07) is 2.89. The van der Waals surface area contributed by atoms with Gasteiger partial charge in [0.15, 0.2) is 11.5 Å². The minimum atomic E-state index is -4.92. The SMILES string of the molecule is Cn1c(-c2cn(C3CC3(F)F)nc2C(F)(F)F)cnc1C(=O)Nc1ccc(C(=O)NCC2CC3CNCC3C2)c(Cl)c1. The number of nitrogens with one attached hydrogen (secondary N) is 3. The predicted octanol–water partition coefficient (Wildman–Crippen LogP) is 4.76. The molecule has 6 rings (SSSR count). The molecule has 3 aromatic rings. The first-order valence-corrected chi connectivity index (χ1v) is 13.9. The Morgan fingerprint density at radius 2 is 1.86 bits per heavy atom. The molecule has 2 amide bonds. The number of amides is 2. The van der Waals surface area contributed by atoms with Gasteiger partial charge in [0.05, 0.1) is 28.0 Å². The lowest BCUT2D eigenvalue weighted by Crippen LogP contribution is -2.29. The average molecular weight is 612 g/mol. The van der Waals surface area contributed by atoms with Gasteiger partial charge in [0.25, 0.3) is 17.7 Å². The molecule has 0 radical (unpaired) electrons. The zero-order valence-corrected chi connectivity index (χ0v) is 23.1. The van der Waals surface area contributed by atoms with E-state index in [9.17, 15) is 31.5 Å². The van der Waals surface area contributed by atoms with Crippen LogP contribution in [-0.4, -0.2) is 56.7 Å². The number of imidazole rings is 1. The Hall–Kier alpha value is -3.52. The Balaban J connectivity index is 1.13. The molecule has 3 N–H and O–H groups in total. The van der Waals surface area contributed by atoms with Crippen LogP contribution in [0, 0.1) is 17.8 Å². The van der Waals surface area contributed by atoms with E-state index in [4.69, 9.17) is 11.6 Å². The van der Waals surface area contributed by atoms with E-state index >= 15 is 0 Å². The first kappa shape index (κ1) is 28.6. The second-order valence-electron chi connectivity index (χ2n) is 11.3. The minimum Gasteiger partial charge on any atom is -0.352 e. The van der Waals surface area contributed by atoms with E-state index in [2.05, 4.69) is 26.0 Å². The smallest absolute Gasteiger partial charge is 0.352 e. The summed E-state index contributed by atoms with van der Waals surface area (Å²) >= 11 is 6.35. The van der Waals surface area contributed by atoms with Crippen molar-refractivity contribution in [1.82, 2.24) is 30.0 Å². The number of nitrogens with zero attached hydrogens (tertiary/aromatic N) is 4. The summed E-state index contributed by atoms with van der Waals surface area (Å²) in [6.45, 7) is 2.60. The van der Waals surface area contributed by atoms with Crippen LogP contribution in [0.5, 0.6) is 0 Å². The van der Waals surface area contributed by atoms with Gasteiger partial charge in [-0.3, -0.25) is 14.3 Å². The molecule has 0 spiro atoms. The molecule has 224 valence electrons. The number of rotatable bonds is 7. The quantitative estimate of drug-likeness (QED) is 0.334. The number of carbonyl (C=O) groups excluding carboxylic acids is 2. The van der Waals surface area contributed by atoms with Crippen LogP contribution in [0.15, 0.2) is 30.6 Å². The molecule has 3 heterocycles. The average Bonchev–Trinajstić information content (AvgIpc) is 3.44. The highest BCUT2D eigenvalue weighted by Gasteiger charge is 2.59. The van der Waals surface area contributed by atoms with Gasteiger partial charge in [-0.25, -0.2) is 13.8 Å². The van der Waals surface area contributed by atoms with Crippen molar-refractivity contribution in [3.63, 3.8) is 0 Å². The fraction of sp³-hybridized carbons (Fsp3) is 0.481. The summed E-state index contributed by atoms with van der Waals surface area (Å²) in [4.78, 5) is 29.7. The van der Waals surface area contributed by atoms with Gasteiger partial charge in [-0.1, -0.05) is 11.6 Å². The maximum Gasteiger partial charge on any atom is 0.435 e. The van der Waals surface area contributed by atoms with Gasteiger partial charge in [-0.2, -0.15) is 18.3 Å². The third kappa shape index (κ3) is 5.37. The Morgan fingerprint density at radius 3 is 2.48 bits per heavy atom. The second kappa shape index (κ2) is 10.3. The summed E-state index contributed by atoms with van der Waals surface area (Å²) < 4.78 is 69.8. The standard InChI is InChI=1S/C27H27ClF5N7O2/c1-39-20(18-12-40(21-7-26(21,29)30)38-22(18)27(31,32)33)11-35-23(39)25(42)37-16-2-3-17(19(28)6-16)24(41)36-8-13-4-14-9-34-10-15(14)5-13/h2-3,6,11-15,21,34H,4-5,7-10H2,1H3,(H,36,41)(H,37,42). The highest BCUT2D eigenvalue weighted by atomic mass is 35.5. The summed E-state index contributed by atoms with van der Waals surface area (Å²) in [5.74, 6) is -2.71. The molecular formula is C27H27ClF5N7O2. The van der Waals surface area contributed by atoms with Gasteiger partial charge in [0, 0.05) is 31.9 Å². The molecule has 3 aliphatic rings. The van der Waals surface area contributed by atoms with Crippen LogP contribution < -0.4 is 16.0 Å². The summed E-state index contributed by atoms with van der Waals surface area (Å²) in [5, 5.41) is 12.4. The number of anilines is 1. The van der Waals surface area contributed by atoms with Gasteiger partial charge in [-0.15, -0.1) is 0 Å². The number of halogens is 6. The maximum atomic E-state index is 13.7. The van der Waals surface area contributed by atoms with Gasteiger partial charge in [0.1, 0.15) is 6.04 Å². The van der Waals surface area contributed by atoms with Gasteiger partial charge < -0.3 is 20.5 Å². The molecule has 3 atom stereocenters. The summed E-state index contributed by atoms with van der Waals surface area (Å²) in [7, 11) is 1.33. The lowest BCUT2D eigenvalue weighted by Gasteiger charge is -2.14. The normalized spacial score (nSPS) is 24.5. The van der Waals surface area contributed by atoms with Crippen LogP contribution >= 0.6 is 11.6 Å². The highest BCUT2D eigenvalue weighted by molar-refractivity contribution is 6.34. The zero-order chi connectivity index (χ0) is 30.0. The maximum absolute atomic E-state index is 13.7. The Morgan fingerprint density at radius 1 is 1.17 bits per heavy atom. The largest absolute Gasteiger partial charge is 0.435 e. The van der Waals surface area contributed by atoms with Gasteiger partial charge in [-0.05, 0) is 61.9 Å². The van der Waals surface area contributed by atoms with Crippen molar-refractivity contribution in [2.45, 2.75) is 37.4 Å². The van der Waals surface area contributed by atoms with Crippen molar-refractivity contribution < 1.29 is 31.5 Å². The van der Waals surface area contributed by atoms with E-state index in [0.717, 1.165) is 42.9 Å². The Kier molecular flexibility index (Phi) is 7.03. The van der Waals surface area contributed by atoms with E-state index in [1.807, 2.05) is 0 Å². The molecule has 2 aliphatic carbocycles. The highest BCUT2D eigenvalue weighted by Crippen LogP contribution is 2.53. The first-order chi connectivity index (χ1) is 19.8. The first-order valence-electron chi connectivity index (χ1n) is 13.5. The fourth-order valence-electron chi connectivity index (χ4n) is 6.06. The van der Waals surface area contributed by atoms with Crippen molar-refractivity contribution in [1.29, 1.82) is 0 Å². The zero-order valence-electron chi connectivity index (χ0n) is 22.3. The van der Waals surface area contributed by atoms with E-state index in [0.29, 0.717) is 29.0 Å². The van der Waals surface area contributed by atoms with E-state index in [1.54, 1.807) is 0 Å². The number of fused-ring (bicyclic) bond motifs is 1. The van der Waals surface area contributed by atoms with Crippen LogP contribution in [0.1, 0.15) is 52.0 Å². The van der Waals surface area contributed by atoms with Crippen LogP contribution in [0.3, 0.4) is 0 Å². The molecule has 1 aliphatic heterocycles. The monoisotopic (exact) mass is 611 g/mol. The molecule has 0 bridgehead atoms.